The highest BCUT2D eigenvalue weighted by atomic mass is 35.5. The van der Waals surface area contributed by atoms with Crippen LogP contribution in [0.1, 0.15) is 17.2 Å². The summed E-state index contributed by atoms with van der Waals surface area (Å²) >= 11 is 5.85. The van der Waals surface area contributed by atoms with E-state index in [0.29, 0.717) is 42.2 Å². The highest BCUT2D eigenvalue weighted by molar-refractivity contribution is 6.17. The van der Waals surface area contributed by atoms with Gasteiger partial charge in [0.1, 0.15) is 17.4 Å². The third-order valence-corrected chi connectivity index (χ3v) is 3.45. The smallest absolute Gasteiger partial charge is 0.213 e. The Balaban J connectivity index is 2.02. The van der Waals surface area contributed by atoms with Gasteiger partial charge in [-0.25, -0.2) is 4.98 Å². The molecule has 0 saturated carbocycles. The van der Waals surface area contributed by atoms with Crippen LogP contribution in [-0.4, -0.2) is 25.6 Å². The molecule has 0 bridgehead atoms. The van der Waals surface area contributed by atoms with Crippen molar-refractivity contribution in [3.8, 4) is 6.07 Å². The molecule has 0 N–H and O–H groups in total. The van der Waals surface area contributed by atoms with E-state index in [1.807, 2.05) is 12.1 Å². The van der Waals surface area contributed by atoms with E-state index in [-0.39, 0.29) is 0 Å². The fourth-order valence-electron chi connectivity index (χ4n) is 2.32. The Morgan fingerprint density at radius 2 is 2.24 bits per heavy atom. The highest BCUT2D eigenvalue weighted by Gasteiger charge is 2.13. The maximum Gasteiger partial charge on any atom is 0.213 e. The second-order valence-corrected chi connectivity index (χ2v) is 4.88. The molecule has 2 aromatic heterocycles. The molecule has 1 aromatic carbocycles. The van der Waals surface area contributed by atoms with Gasteiger partial charge in [0.25, 0.3) is 0 Å². The molecule has 0 amide bonds. The zero-order valence-electron chi connectivity index (χ0n) is 11.2. The van der Waals surface area contributed by atoms with Gasteiger partial charge in [0.2, 0.25) is 6.39 Å². The second-order valence-electron chi connectivity index (χ2n) is 4.50. The molecule has 0 saturated heterocycles. The Bertz CT molecular complexity index is 788. The third-order valence-electron chi connectivity index (χ3n) is 3.26. The number of rotatable bonds is 5. The Morgan fingerprint density at radius 1 is 1.33 bits per heavy atom. The number of nitrogens with zero attached hydrogens (tertiary/aromatic N) is 5. The molecule has 3 aromatic rings. The lowest BCUT2D eigenvalue weighted by molar-refractivity contribution is 0.408. The number of imidazole rings is 1. The number of halogens is 1. The number of nitriles is 1. The quantitative estimate of drug-likeness (QED) is 0.676. The summed E-state index contributed by atoms with van der Waals surface area (Å²) in [4.78, 5) is 8.58. The number of fused-ring (bicyclic) bond motifs is 1. The SMILES string of the molecule is N#Cc1cccc2c1nc(CCCl)n2CCc1ncon1. The maximum absolute atomic E-state index is 9.19. The normalized spacial score (nSPS) is 10.9. The van der Waals surface area contributed by atoms with Crippen LogP contribution in [0.4, 0.5) is 0 Å². The van der Waals surface area contributed by atoms with Crippen molar-refractivity contribution >= 4 is 22.6 Å². The molecule has 0 aliphatic rings. The van der Waals surface area contributed by atoms with Crippen molar-refractivity contribution in [1.82, 2.24) is 19.7 Å². The minimum atomic E-state index is 0.480. The van der Waals surface area contributed by atoms with Crippen LogP contribution in [0, 0.1) is 11.3 Å². The Morgan fingerprint density at radius 3 is 2.95 bits per heavy atom. The lowest BCUT2D eigenvalue weighted by atomic mass is 10.2. The van der Waals surface area contributed by atoms with E-state index < -0.39 is 0 Å². The molecule has 0 aliphatic heterocycles. The van der Waals surface area contributed by atoms with Crippen LogP contribution >= 0.6 is 11.6 Å². The first-order valence-corrected chi connectivity index (χ1v) is 7.06. The van der Waals surface area contributed by atoms with Crippen molar-refractivity contribution in [2.45, 2.75) is 19.4 Å². The Labute approximate surface area is 126 Å². The molecular formula is C14H12ClN5O. The van der Waals surface area contributed by atoms with Crippen molar-refractivity contribution in [3.63, 3.8) is 0 Å². The summed E-state index contributed by atoms with van der Waals surface area (Å²) in [6.07, 6.45) is 2.59. The molecule has 6 nitrogen and oxygen atoms in total. The fourth-order valence-corrected chi connectivity index (χ4v) is 2.49. The number of benzene rings is 1. The molecule has 106 valence electrons. The van der Waals surface area contributed by atoms with Gasteiger partial charge in [0.05, 0.1) is 11.1 Å². The van der Waals surface area contributed by atoms with E-state index in [9.17, 15) is 5.26 Å². The lowest BCUT2D eigenvalue weighted by Gasteiger charge is -2.06. The number of aromatic nitrogens is 4. The van der Waals surface area contributed by atoms with Crippen LogP contribution in [0.2, 0.25) is 0 Å². The van der Waals surface area contributed by atoms with Crippen molar-refractivity contribution < 1.29 is 4.52 Å². The van der Waals surface area contributed by atoms with E-state index in [2.05, 4.69) is 25.8 Å². The topological polar surface area (TPSA) is 80.5 Å². The van der Waals surface area contributed by atoms with Gasteiger partial charge in [-0.15, -0.1) is 11.6 Å². The molecule has 0 fully saturated rings. The van der Waals surface area contributed by atoms with Crippen molar-refractivity contribution in [2.75, 3.05) is 5.88 Å². The zero-order chi connectivity index (χ0) is 14.7. The van der Waals surface area contributed by atoms with E-state index in [4.69, 9.17) is 16.1 Å². The first-order valence-electron chi connectivity index (χ1n) is 6.53. The number of alkyl halides is 1. The van der Waals surface area contributed by atoms with E-state index >= 15 is 0 Å². The van der Waals surface area contributed by atoms with Crippen LogP contribution in [-0.2, 0) is 19.4 Å². The summed E-state index contributed by atoms with van der Waals surface area (Å²) in [5.41, 5.74) is 2.22. The first kappa shape index (κ1) is 13.6. The van der Waals surface area contributed by atoms with E-state index in [1.54, 1.807) is 6.07 Å². The number of hydrogen-bond acceptors (Lipinski definition) is 5. The van der Waals surface area contributed by atoms with Gasteiger partial charge in [-0.1, -0.05) is 11.2 Å². The Kier molecular flexibility index (Phi) is 3.84. The van der Waals surface area contributed by atoms with Crippen molar-refractivity contribution in [3.05, 3.63) is 41.8 Å². The van der Waals surface area contributed by atoms with Gasteiger partial charge >= 0.3 is 0 Å². The third kappa shape index (κ3) is 2.60. The number of hydrogen-bond donors (Lipinski definition) is 0. The molecule has 3 rings (SSSR count). The van der Waals surface area contributed by atoms with Gasteiger partial charge < -0.3 is 9.09 Å². The van der Waals surface area contributed by atoms with Crippen LogP contribution < -0.4 is 0 Å². The number of aryl methyl sites for hydroxylation is 3. The Hall–Kier alpha value is -2.39. The fraction of sp³-hybridized carbons (Fsp3) is 0.286. The van der Waals surface area contributed by atoms with Gasteiger partial charge in [-0.05, 0) is 12.1 Å². The van der Waals surface area contributed by atoms with Gasteiger partial charge in [0, 0.05) is 25.3 Å². The zero-order valence-corrected chi connectivity index (χ0v) is 11.9. The average Bonchev–Trinajstić information content (AvgIpc) is 3.12. The van der Waals surface area contributed by atoms with Crippen LogP contribution in [0.15, 0.2) is 29.1 Å². The van der Waals surface area contributed by atoms with Crippen LogP contribution in [0.5, 0.6) is 0 Å². The van der Waals surface area contributed by atoms with Crippen molar-refractivity contribution in [2.24, 2.45) is 0 Å². The maximum atomic E-state index is 9.19. The molecule has 7 heteroatoms. The van der Waals surface area contributed by atoms with Crippen LogP contribution in [0.3, 0.4) is 0 Å². The van der Waals surface area contributed by atoms with Crippen molar-refractivity contribution in [1.29, 1.82) is 5.26 Å². The molecular weight excluding hydrogens is 290 g/mol. The summed E-state index contributed by atoms with van der Waals surface area (Å²) in [6.45, 7) is 0.664. The monoisotopic (exact) mass is 301 g/mol. The lowest BCUT2D eigenvalue weighted by Crippen LogP contribution is -2.07. The first-order chi connectivity index (χ1) is 10.3. The minimum absolute atomic E-state index is 0.480. The summed E-state index contributed by atoms with van der Waals surface area (Å²) in [5.74, 6) is 1.99. The van der Waals surface area contributed by atoms with Gasteiger partial charge in [-0.2, -0.15) is 10.2 Å². The average molecular weight is 302 g/mol. The second kappa shape index (κ2) is 5.94. The number of para-hydroxylation sites is 1. The molecule has 0 radical (unpaired) electrons. The largest absolute Gasteiger partial charge is 0.343 e. The molecule has 0 spiro atoms. The standard InChI is InChI=1S/C14H12ClN5O/c15-6-4-13-18-14-10(8-16)2-1-3-11(14)20(13)7-5-12-17-9-21-19-12/h1-3,9H,4-7H2. The molecule has 21 heavy (non-hydrogen) atoms. The van der Waals surface area contributed by atoms with Crippen LogP contribution in [0.25, 0.3) is 11.0 Å². The summed E-state index contributed by atoms with van der Waals surface area (Å²) in [5, 5.41) is 13.0. The molecule has 0 atom stereocenters. The predicted octanol–water partition coefficient (Wildman–Crippen LogP) is 2.31. The highest BCUT2D eigenvalue weighted by Crippen LogP contribution is 2.21. The van der Waals surface area contributed by atoms with Gasteiger partial charge in [0.15, 0.2) is 5.82 Å². The summed E-state index contributed by atoms with van der Waals surface area (Å²) in [7, 11) is 0. The molecule has 0 aliphatic carbocycles. The molecule has 0 unspecified atom stereocenters. The van der Waals surface area contributed by atoms with E-state index in [1.165, 1.54) is 6.39 Å². The molecule has 2 heterocycles. The minimum Gasteiger partial charge on any atom is -0.343 e. The predicted molar refractivity (Wildman–Crippen MR) is 76.9 cm³/mol. The summed E-state index contributed by atoms with van der Waals surface area (Å²) in [6, 6.07) is 7.76. The summed E-state index contributed by atoms with van der Waals surface area (Å²) < 4.78 is 6.80. The van der Waals surface area contributed by atoms with Gasteiger partial charge in [-0.3, -0.25) is 0 Å². The van der Waals surface area contributed by atoms with E-state index in [0.717, 1.165) is 11.3 Å².